The molecule has 1 aromatic heterocycles. The summed E-state index contributed by atoms with van der Waals surface area (Å²) >= 11 is 3.58. The SMILES string of the molecule is O=C(c1cccs1)N1CCCSC[C@H]1CN1CCCCC1. The van der Waals surface area contributed by atoms with Crippen LogP contribution in [0.25, 0.3) is 0 Å². The van der Waals surface area contributed by atoms with Gasteiger partial charge in [0.2, 0.25) is 0 Å². The second-order valence-corrected chi connectivity index (χ2v) is 8.02. The van der Waals surface area contributed by atoms with Gasteiger partial charge in [0.15, 0.2) is 0 Å². The maximum atomic E-state index is 12.8. The summed E-state index contributed by atoms with van der Waals surface area (Å²) in [6.07, 6.45) is 5.13. The number of thiophene rings is 1. The molecule has 0 radical (unpaired) electrons. The molecule has 5 heteroatoms. The van der Waals surface area contributed by atoms with E-state index in [1.807, 2.05) is 29.3 Å². The van der Waals surface area contributed by atoms with Gasteiger partial charge in [-0.15, -0.1) is 11.3 Å². The summed E-state index contributed by atoms with van der Waals surface area (Å²) in [5, 5.41) is 2.00. The Morgan fingerprint density at radius 2 is 2.05 bits per heavy atom. The van der Waals surface area contributed by atoms with Gasteiger partial charge in [0.1, 0.15) is 0 Å². The lowest BCUT2D eigenvalue weighted by molar-refractivity contribution is 0.0650. The molecule has 1 atom stereocenters. The molecule has 0 N–H and O–H groups in total. The van der Waals surface area contributed by atoms with E-state index in [1.165, 1.54) is 38.1 Å². The van der Waals surface area contributed by atoms with Crippen molar-refractivity contribution in [1.29, 1.82) is 0 Å². The van der Waals surface area contributed by atoms with Gasteiger partial charge in [0.05, 0.1) is 10.9 Å². The normalized spacial score (nSPS) is 24.8. The molecule has 3 rings (SSSR count). The molecule has 1 amide bonds. The molecule has 0 aliphatic carbocycles. The first-order chi connectivity index (χ1) is 10.3. The molecule has 0 aromatic carbocycles. The largest absolute Gasteiger partial charge is 0.333 e. The summed E-state index contributed by atoms with van der Waals surface area (Å²) in [6, 6.07) is 4.32. The van der Waals surface area contributed by atoms with Crippen LogP contribution in [0.5, 0.6) is 0 Å². The van der Waals surface area contributed by atoms with Crippen LogP contribution in [0.15, 0.2) is 17.5 Å². The van der Waals surface area contributed by atoms with E-state index in [4.69, 9.17) is 0 Å². The Kier molecular flexibility index (Phi) is 5.61. The molecule has 0 saturated carbocycles. The molecule has 116 valence electrons. The summed E-state index contributed by atoms with van der Waals surface area (Å²) in [4.78, 5) is 18.4. The van der Waals surface area contributed by atoms with E-state index in [0.29, 0.717) is 6.04 Å². The van der Waals surface area contributed by atoms with Crippen LogP contribution in [0.2, 0.25) is 0 Å². The quantitative estimate of drug-likeness (QED) is 0.853. The van der Waals surface area contributed by atoms with Gasteiger partial charge in [-0.2, -0.15) is 11.8 Å². The molecule has 2 saturated heterocycles. The van der Waals surface area contributed by atoms with Crippen molar-refractivity contribution in [2.24, 2.45) is 0 Å². The van der Waals surface area contributed by atoms with E-state index >= 15 is 0 Å². The third-order valence-electron chi connectivity index (χ3n) is 4.35. The highest BCUT2D eigenvalue weighted by atomic mass is 32.2. The van der Waals surface area contributed by atoms with Crippen LogP contribution < -0.4 is 0 Å². The second-order valence-electron chi connectivity index (χ2n) is 5.92. The van der Waals surface area contributed by atoms with E-state index in [-0.39, 0.29) is 5.91 Å². The van der Waals surface area contributed by atoms with E-state index in [0.717, 1.165) is 30.1 Å². The summed E-state index contributed by atoms with van der Waals surface area (Å²) < 4.78 is 0. The van der Waals surface area contributed by atoms with Crippen molar-refractivity contribution >= 4 is 29.0 Å². The fourth-order valence-electron chi connectivity index (χ4n) is 3.23. The lowest BCUT2D eigenvalue weighted by Crippen LogP contribution is -2.49. The van der Waals surface area contributed by atoms with Crippen molar-refractivity contribution in [2.75, 3.05) is 37.7 Å². The van der Waals surface area contributed by atoms with Crippen LogP contribution in [-0.2, 0) is 0 Å². The van der Waals surface area contributed by atoms with Crippen LogP contribution in [0.1, 0.15) is 35.4 Å². The molecule has 1 aromatic rings. The number of amides is 1. The number of rotatable bonds is 3. The van der Waals surface area contributed by atoms with Crippen molar-refractivity contribution < 1.29 is 4.79 Å². The number of hydrogen-bond donors (Lipinski definition) is 0. The number of carbonyl (C=O) groups is 1. The van der Waals surface area contributed by atoms with Gasteiger partial charge >= 0.3 is 0 Å². The summed E-state index contributed by atoms with van der Waals surface area (Å²) in [5.74, 6) is 2.52. The monoisotopic (exact) mass is 324 g/mol. The zero-order chi connectivity index (χ0) is 14.5. The minimum absolute atomic E-state index is 0.245. The van der Waals surface area contributed by atoms with Gasteiger partial charge in [-0.25, -0.2) is 0 Å². The Bertz CT molecular complexity index is 443. The number of piperidine rings is 1. The molecule has 0 spiro atoms. The molecule has 21 heavy (non-hydrogen) atoms. The molecular weight excluding hydrogens is 300 g/mol. The first kappa shape index (κ1) is 15.4. The first-order valence-electron chi connectivity index (χ1n) is 7.99. The van der Waals surface area contributed by atoms with Gasteiger partial charge < -0.3 is 9.80 Å². The molecule has 0 unspecified atom stereocenters. The zero-order valence-corrected chi connectivity index (χ0v) is 14.1. The molecule has 2 aliphatic heterocycles. The van der Waals surface area contributed by atoms with Crippen molar-refractivity contribution in [3.8, 4) is 0 Å². The first-order valence-corrected chi connectivity index (χ1v) is 10.0. The summed E-state index contributed by atoms with van der Waals surface area (Å²) in [7, 11) is 0. The van der Waals surface area contributed by atoms with Crippen molar-refractivity contribution in [2.45, 2.75) is 31.7 Å². The number of carbonyl (C=O) groups excluding carboxylic acids is 1. The standard InChI is InChI=1S/C16H24N2OS2/c19-16(15-6-4-11-21-15)18-9-5-10-20-13-14(18)12-17-7-2-1-3-8-17/h4,6,11,14H,1-3,5,7-10,12-13H2/t14-/m1/s1. The number of thioether (sulfide) groups is 1. The maximum absolute atomic E-state index is 12.8. The fourth-order valence-corrected chi connectivity index (χ4v) is 4.97. The van der Waals surface area contributed by atoms with E-state index in [1.54, 1.807) is 11.3 Å². The number of nitrogens with zero attached hydrogens (tertiary/aromatic N) is 2. The van der Waals surface area contributed by atoms with E-state index < -0.39 is 0 Å². The number of hydrogen-bond acceptors (Lipinski definition) is 4. The van der Waals surface area contributed by atoms with Crippen molar-refractivity contribution in [3.05, 3.63) is 22.4 Å². The van der Waals surface area contributed by atoms with Crippen LogP contribution in [-0.4, -0.2) is 59.4 Å². The molecule has 0 bridgehead atoms. The minimum Gasteiger partial charge on any atom is -0.333 e. The third-order valence-corrected chi connectivity index (χ3v) is 6.40. The Morgan fingerprint density at radius 3 is 2.81 bits per heavy atom. The second kappa shape index (κ2) is 7.65. The highest BCUT2D eigenvalue weighted by molar-refractivity contribution is 7.99. The maximum Gasteiger partial charge on any atom is 0.264 e. The average Bonchev–Trinajstić information content (AvgIpc) is 2.96. The Morgan fingerprint density at radius 1 is 1.19 bits per heavy atom. The predicted molar refractivity (Wildman–Crippen MR) is 91.4 cm³/mol. The van der Waals surface area contributed by atoms with E-state index in [2.05, 4.69) is 9.80 Å². The molecule has 2 fully saturated rings. The number of likely N-dealkylation sites (tertiary alicyclic amines) is 1. The minimum atomic E-state index is 0.245. The van der Waals surface area contributed by atoms with E-state index in [9.17, 15) is 4.79 Å². The predicted octanol–water partition coefficient (Wildman–Crippen LogP) is 3.18. The topological polar surface area (TPSA) is 23.6 Å². The Hall–Kier alpha value is -0.520. The smallest absolute Gasteiger partial charge is 0.264 e. The Balaban J connectivity index is 1.69. The van der Waals surface area contributed by atoms with Gasteiger partial charge in [-0.3, -0.25) is 4.79 Å². The zero-order valence-electron chi connectivity index (χ0n) is 12.5. The van der Waals surface area contributed by atoms with Crippen LogP contribution in [0.4, 0.5) is 0 Å². The van der Waals surface area contributed by atoms with Crippen LogP contribution in [0.3, 0.4) is 0 Å². The lowest BCUT2D eigenvalue weighted by Gasteiger charge is -2.35. The molecule has 3 heterocycles. The average molecular weight is 325 g/mol. The Labute approximate surface area is 135 Å². The summed E-state index contributed by atoms with van der Waals surface area (Å²) in [6.45, 7) is 4.40. The van der Waals surface area contributed by atoms with Gasteiger partial charge in [-0.05, 0) is 49.6 Å². The lowest BCUT2D eigenvalue weighted by atomic mass is 10.1. The highest BCUT2D eigenvalue weighted by Gasteiger charge is 2.28. The van der Waals surface area contributed by atoms with Gasteiger partial charge in [0.25, 0.3) is 5.91 Å². The molecule has 3 nitrogen and oxygen atoms in total. The van der Waals surface area contributed by atoms with Crippen LogP contribution in [0, 0.1) is 0 Å². The van der Waals surface area contributed by atoms with Crippen molar-refractivity contribution in [1.82, 2.24) is 9.80 Å². The molecular formula is C16H24N2OS2. The summed E-state index contributed by atoms with van der Waals surface area (Å²) in [5.41, 5.74) is 0. The van der Waals surface area contributed by atoms with Gasteiger partial charge in [-0.1, -0.05) is 12.5 Å². The van der Waals surface area contributed by atoms with Gasteiger partial charge in [0, 0.05) is 18.8 Å². The fraction of sp³-hybridized carbons (Fsp3) is 0.688. The van der Waals surface area contributed by atoms with Crippen molar-refractivity contribution in [3.63, 3.8) is 0 Å². The highest BCUT2D eigenvalue weighted by Crippen LogP contribution is 2.22. The van der Waals surface area contributed by atoms with Crippen LogP contribution >= 0.6 is 23.1 Å². The molecule has 2 aliphatic rings. The third kappa shape index (κ3) is 4.02.